The first kappa shape index (κ1) is 72.4. The molecule has 0 spiro atoms. The summed E-state index contributed by atoms with van der Waals surface area (Å²) in [5, 5.41) is 0. The van der Waals surface area contributed by atoms with Crippen molar-refractivity contribution in [3.05, 3.63) is 315 Å². The second-order valence-corrected chi connectivity index (χ2v) is 24.5. The van der Waals surface area contributed by atoms with Crippen LogP contribution in [0.5, 0.6) is 0 Å². The molecule has 0 atom stereocenters. The van der Waals surface area contributed by atoms with E-state index in [1.807, 2.05) is 72.6 Å². The maximum absolute atomic E-state index is 3.51. The van der Waals surface area contributed by atoms with Crippen LogP contribution in [0.25, 0.3) is 89.0 Å². The smallest absolute Gasteiger partial charge is 0 e. The molecular formula is C84H76Ir4N8-8. The standard InChI is InChI=1S/2C42H38N4.4Ir/c2*1-29-30(2)42(40-14-10-8-12-38(40)34-17-21-36(22-18-34)46-26-24-44(6)28-46)32(4)31(3)41(29)39-13-9-7-11-37(39)33-15-19-35(20-16-33)45-25-23-43(5)27-45;;;;/h2*7-19,21,23-28H,1-6H3;;;;/q2*-4;;;;. The van der Waals surface area contributed by atoms with Gasteiger partial charge < -0.3 is 39.2 Å². The SMILES string of the molecule is Cc1c(C)c(-c2ccccc2-c2c[c-]c(N3C=CN(C)[CH-]3)cc2)c(C)c(C)c1-c1ccccc1-c1c[c-]c(N2C=CN(C)[CH-]2)cc1.Cc1c(C)c(-c2ccccc2-c2c[c-]c(N3C=CN(C)[CH-]3)cc2)c(C)c(C)c1-c1ccccc1-c1c[c-]c(N2C=CN(C)[CH-]2)cc1.[Ir].[Ir].[Ir].[Ir]. The van der Waals surface area contributed by atoms with E-state index >= 15 is 0 Å². The Morgan fingerprint density at radius 1 is 0.229 bits per heavy atom. The van der Waals surface area contributed by atoms with E-state index in [1.54, 1.807) is 0 Å². The van der Waals surface area contributed by atoms with Gasteiger partial charge in [-0.05, 0) is 222 Å². The minimum absolute atomic E-state index is 0. The van der Waals surface area contributed by atoms with E-state index < -0.39 is 0 Å². The van der Waals surface area contributed by atoms with Crippen molar-refractivity contribution in [2.45, 2.75) is 55.4 Å². The Hall–Kier alpha value is -7.84. The van der Waals surface area contributed by atoms with Crippen LogP contribution in [-0.4, -0.2) is 47.8 Å². The van der Waals surface area contributed by atoms with Crippen molar-refractivity contribution in [1.82, 2.24) is 19.6 Å². The van der Waals surface area contributed by atoms with Gasteiger partial charge in [0, 0.05) is 80.4 Å². The average Bonchev–Trinajstić information content (AvgIpc) is 0.881. The average molecular weight is 1970 g/mol. The normalized spacial score (nSPS) is 13.6. The Morgan fingerprint density at radius 2 is 0.406 bits per heavy atom. The van der Waals surface area contributed by atoms with E-state index in [0.29, 0.717) is 0 Å². The topological polar surface area (TPSA) is 25.9 Å². The zero-order chi connectivity index (χ0) is 63.9. The fourth-order valence-corrected chi connectivity index (χ4v) is 13.4. The van der Waals surface area contributed by atoms with Crippen LogP contribution in [0.4, 0.5) is 22.7 Å². The van der Waals surface area contributed by atoms with Crippen molar-refractivity contribution >= 4 is 22.7 Å². The van der Waals surface area contributed by atoms with Crippen LogP contribution in [0.2, 0.25) is 0 Å². The second kappa shape index (κ2) is 31.1. The molecule has 4 radical (unpaired) electrons. The number of hydrogen-bond donors (Lipinski definition) is 0. The van der Waals surface area contributed by atoms with Gasteiger partial charge in [-0.25, -0.2) is 0 Å². The molecule has 0 unspecified atom stereocenters. The quantitative estimate of drug-likeness (QED) is 0.112. The molecule has 0 bridgehead atoms. The van der Waals surface area contributed by atoms with Gasteiger partial charge in [-0.1, -0.05) is 119 Å². The summed E-state index contributed by atoms with van der Waals surface area (Å²) in [7, 11) is 8.11. The zero-order valence-corrected chi connectivity index (χ0v) is 65.6. The van der Waals surface area contributed by atoms with Gasteiger partial charge in [-0.2, -0.15) is 99.5 Å². The molecule has 0 fully saturated rings. The third kappa shape index (κ3) is 14.4. The van der Waals surface area contributed by atoms with Gasteiger partial charge in [-0.15, -0.1) is 69.3 Å². The summed E-state index contributed by atoms with van der Waals surface area (Å²) < 4.78 is 0. The minimum atomic E-state index is 0. The molecule has 0 N–H and O–H groups in total. The van der Waals surface area contributed by atoms with Gasteiger partial charge in [0.05, 0.1) is 0 Å². The van der Waals surface area contributed by atoms with Crippen molar-refractivity contribution in [2.75, 3.05) is 47.8 Å². The van der Waals surface area contributed by atoms with Gasteiger partial charge in [0.1, 0.15) is 0 Å². The first-order valence-corrected chi connectivity index (χ1v) is 31.4. The van der Waals surface area contributed by atoms with Crippen molar-refractivity contribution in [3.8, 4) is 89.0 Å². The van der Waals surface area contributed by atoms with Crippen molar-refractivity contribution in [2.24, 2.45) is 0 Å². The molecule has 0 saturated carbocycles. The molecule has 4 heterocycles. The summed E-state index contributed by atoms with van der Waals surface area (Å²) in [5.74, 6) is 0. The summed E-state index contributed by atoms with van der Waals surface area (Å²) in [4.78, 5) is 16.5. The van der Waals surface area contributed by atoms with Crippen molar-refractivity contribution < 1.29 is 80.4 Å². The Labute approximate surface area is 624 Å². The van der Waals surface area contributed by atoms with Crippen LogP contribution in [0.15, 0.2) is 219 Å². The molecule has 0 aromatic heterocycles. The van der Waals surface area contributed by atoms with Crippen LogP contribution in [0.1, 0.15) is 44.5 Å². The molecule has 14 rings (SSSR count). The third-order valence-electron chi connectivity index (χ3n) is 18.7. The van der Waals surface area contributed by atoms with Gasteiger partial charge in [0.2, 0.25) is 0 Å². The van der Waals surface area contributed by atoms with E-state index in [-0.39, 0.29) is 80.4 Å². The molecule has 12 heteroatoms. The number of benzene rings is 10. The summed E-state index contributed by atoms with van der Waals surface area (Å²) in [6.07, 6.45) is 16.3. The zero-order valence-electron chi connectivity index (χ0n) is 56.0. The number of rotatable bonds is 12. The third-order valence-corrected chi connectivity index (χ3v) is 18.7. The maximum Gasteiger partial charge on any atom is 0 e. The predicted octanol–water partition coefficient (Wildman–Crippen LogP) is 19.7. The predicted molar refractivity (Wildman–Crippen MR) is 384 cm³/mol. The van der Waals surface area contributed by atoms with Gasteiger partial charge in [0.25, 0.3) is 0 Å². The van der Waals surface area contributed by atoms with Crippen molar-refractivity contribution in [1.29, 1.82) is 0 Å². The summed E-state index contributed by atoms with van der Waals surface area (Å²) >= 11 is 0. The molecule has 496 valence electrons. The monoisotopic (exact) mass is 1970 g/mol. The largest absolute Gasteiger partial charge is 0.510 e. The Kier molecular flexibility index (Phi) is 23.5. The van der Waals surface area contributed by atoms with Crippen molar-refractivity contribution in [3.63, 3.8) is 0 Å². The molecule has 0 saturated heterocycles. The van der Waals surface area contributed by atoms with Crippen LogP contribution in [-0.2, 0) is 80.4 Å². The van der Waals surface area contributed by atoms with E-state index in [0.717, 1.165) is 45.0 Å². The Bertz CT molecular complexity index is 3900. The minimum Gasteiger partial charge on any atom is -0.510 e. The van der Waals surface area contributed by atoms with Crippen LogP contribution in [0, 0.1) is 106 Å². The Morgan fingerprint density at radius 3 is 0.552 bits per heavy atom. The molecule has 10 aromatic rings. The molecular weight excluding hydrogens is 1890 g/mol. The van der Waals surface area contributed by atoms with E-state index in [1.165, 1.54) is 111 Å². The van der Waals surface area contributed by atoms with Crippen LogP contribution < -0.4 is 19.6 Å². The molecule has 10 aromatic carbocycles. The van der Waals surface area contributed by atoms with E-state index in [9.17, 15) is 0 Å². The fraction of sp³-hybridized carbons (Fsp3) is 0.143. The summed E-state index contributed by atoms with van der Waals surface area (Å²) in [5.41, 5.74) is 34.3. The summed E-state index contributed by atoms with van der Waals surface area (Å²) in [6, 6.07) is 75.0. The molecule has 4 aliphatic heterocycles. The molecule has 0 amide bonds. The first-order chi connectivity index (χ1) is 44.6. The van der Waals surface area contributed by atoms with Crippen LogP contribution in [0.3, 0.4) is 0 Å². The fourth-order valence-electron chi connectivity index (χ4n) is 13.4. The molecule has 0 aliphatic carbocycles. The second-order valence-electron chi connectivity index (χ2n) is 24.5. The van der Waals surface area contributed by atoms with E-state index in [2.05, 4.69) is 321 Å². The molecule has 8 nitrogen and oxygen atoms in total. The van der Waals surface area contributed by atoms with E-state index in [4.69, 9.17) is 0 Å². The number of hydrogen-bond acceptors (Lipinski definition) is 8. The number of anilines is 4. The van der Waals surface area contributed by atoms with Gasteiger partial charge >= 0.3 is 0 Å². The Balaban J connectivity index is 0.000000216. The van der Waals surface area contributed by atoms with Gasteiger partial charge in [0.15, 0.2) is 0 Å². The molecule has 96 heavy (non-hydrogen) atoms. The maximum atomic E-state index is 3.51. The first-order valence-electron chi connectivity index (χ1n) is 31.4. The van der Waals surface area contributed by atoms with Gasteiger partial charge in [-0.3, -0.25) is 0 Å². The summed E-state index contributed by atoms with van der Waals surface area (Å²) in [6.45, 7) is 26.4. The van der Waals surface area contributed by atoms with Crippen LogP contribution >= 0.6 is 0 Å². The number of nitrogens with zero attached hydrogens (tertiary/aromatic N) is 8. The molecule has 4 aliphatic rings.